The first kappa shape index (κ1) is 27.4. The van der Waals surface area contributed by atoms with Crippen molar-refractivity contribution in [3.8, 4) is 28.5 Å². The molecule has 9 nitrogen and oxygen atoms in total. The number of rotatable bonds is 5. The van der Waals surface area contributed by atoms with Crippen LogP contribution in [0.25, 0.3) is 28.0 Å². The lowest BCUT2D eigenvalue weighted by Crippen LogP contribution is -2.51. The van der Waals surface area contributed by atoms with Gasteiger partial charge in [0.05, 0.1) is 12.6 Å². The minimum Gasteiger partial charge on any atom is -0.444 e. The summed E-state index contributed by atoms with van der Waals surface area (Å²) in [4.78, 5) is 33.9. The Hall–Kier alpha value is -4.75. The molecular weight excluding hydrogens is 537 g/mol. The first-order valence-electron chi connectivity index (χ1n) is 14.0. The molecule has 10 heteroatoms. The molecule has 0 spiro atoms. The quantitative estimate of drug-likeness (QED) is 0.371. The van der Waals surface area contributed by atoms with E-state index < -0.39 is 6.09 Å². The van der Waals surface area contributed by atoms with Gasteiger partial charge in [0.15, 0.2) is 5.69 Å². The summed E-state index contributed by atoms with van der Waals surface area (Å²) in [6, 6.07) is 17.4. The third-order valence-corrected chi connectivity index (χ3v) is 8.30. The number of aryl methyl sites for hydroxylation is 1. The van der Waals surface area contributed by atoms with Gasteiger partial charge >= 0.3 is 6.09 Å². The zero-order valence-corrected chi connectivity index (χ0v) is 23.3. The smallest absolute Gasteiger partial charge is 0.410 e. The van der Waals surface area contributed by atoms with Gasteiger partial charge in [0.2, 0.25) is 0 Å². The standard InChI is InChI=1S/C32H30FN5O4/c1-19-7-8-24(26(33)15-19)23-5-3-4-6-25(23)30-27(17-34)37-14-9-21(16-29(37)35-30)31(40)36-12-10-22(11-13-36)38-28(18-39)20(2)42-32(38)41/h3-9,14-16,20,22,28,39H,10-13,18H2,1-2H3. The fraction of sp³-hybridized carbons (Fsp3) is 0.312. The van der Waals surface area contributed by atoms with E-state index in [0.717, 1.165) is 5.56 Å². The van der Waals surface area contributed by atoms with Crippen LogP contribution >= 0.6 is 0 Å². The van der Waals surface area contributed by atoms with Gasteiger partial charge in [0.25, 0.3) is 5.91 Å². The molecule has 2 atom stereocenters. The molecule has 42 heavy (non-hydrogen) atoms. The summed E-state index contributed by atoms with van der Waals surface area (Å²) in [5.41, 5.74) is 4.02. The number of fused-ring (bicyclic) bond motifs is 1. The molecule has 2 amide bonds. The molecule has 0 aliphatic carbocycles. The van der Waals surface area contributed by atoms with Gasteiger partial charge in [-0.05, 0) is 56.0 Å². The van der Waals surface area contributed by atoms with Gasteiger partial charge in [-0.1, -0.05) is 36.4 Å². The van der Waals surface area contributed by atoms with Crippen molar-refractivity contribution in [1.29, 1.82) is 5.26 Å². The second-order valence-corrected chi connectivity index (χ2v) is 10.9. The van der Waals surface area contributed by atoms with Crippen molar-refractivity contribution in [1.82, 2.24) is 19.2 Å². The fourth-order valence-corrected chi connectivity index (χ4v) is 6.08. The number of pyridine rings is 1. The van der Waals surface area contributed by atoms with E-state index in [2.05, 4.69) is 6.07 Å². The number of hydrogen-bond donors (Lipinski definition) is 1. The third kappa shape index (κ3) is 4.65. The predicted molar refractivity (Wildman–Crippen MR) is 153 cm³/mol. The molecule has 6 rings (SSSR count). The summed E-state index contributed by atoms with van der Waals surface area (Å²) in [7, 11) is 0. The summed E-state index contributed by atoms with van der Waals surface area (Å²) in [5.74, 6) is -0.526. The lowest BCUT2D eigenvalue weighted by molar-refractivity contribution is 0.0596. The highest BCUT2D eigenvalue weighted by Gasteiger charge is 2.43. The SMILES string of the molecule is Cc1ccc(-c2ccccc2-c2nc3cc(C(=O)N4CCC(N5C(=O)OC(C)C5CO)CC4)ccn3c2C#N)c(F)c1. The largest absolute Gasteiger partial charge is 0.444 e. The lowest BCUT2D eigenvalue weighted by atomic mass is 9.96. The Labute approximate surface area is 242 Å². The van der Waals surface area contributed by atoms with Crippen LogP contribution in [0.2, 0.25) is 0 Å². The summed E-state index contributed by atoms with van der Waals surface area (Å²) >= 11 is 0. The Morgan fingerprint density at radius 3 is 2.55 bits per heavy atom. The number of aromatic nitrogens is 2. The molecule has 2 aromatic heterocycles. The summed E-state index contributed by atoms with van der Waals surface area (Å²) in [6.07, 6.45) is 2.00. The van der Waals surface area contributed by atoms with Crippen LogP contribution < -0.4 is 0 Å². The highest BCUT2D eigenvalue weighted by molar-refractivity contribution is 5.95. The van der Waals surface area contributed by atoms with Gasteiger partial charge in [0, 0.05) is 42.0 Å². The minimum atomic E-state index is -0.424. The third-order valence-electron chi connectivity index (χ3n) is 8.30. The van der Waals surface area contributed by atoms with Crippen LogP contribution in [-0.4, -0.2) is 74.2 Å². The Kier molecular flexibility index (Phi) is 7.12. The molecule has 2 aromatic carbocycles. The van der Waals surface area contributed by atoms with Crippen molar-refractivity contribution in [2.24, 2.45) is 0 Å². The number of nitriles is 1. The minimum absolute atomic E-state index is 0.113. The van der Waals surface area contributed by atoms with E-state index in [1.54, 1.807) is 51.6 Å². The van der Waals surface area contributed by atoms with E-state index in [9.17, 15) is 24.3 Å². The molecule has 2 unspecified atom stereocenters. The van der Waals surface area contributed by atoms with Gasteiger partial charge in [-0.15, -0.1) is 0 Å². The van der Waals surface area contributed by atoms with Crippen LogP contribution in [0.4, 0.5) is 9.18 Å². The molecule has 2 fully saturated rings. The molecule has 0 saturated carbocycles. The highest BCUT2D eigenvalue weighted by Crippen LogP contribution is 2.35. The van der Waals surface area contributed by atoms with Crippen molar-refractivity contribution in [2.45, 2.75) is 44.9 Å². The number of likely N-dealkylation sites (tertiary alicyclic amines) is 1. The number of carbonyl (C=O) groups excluding carboxylic acids is 2. The number of ether oxygens (including phenoxy) is 1. The van der Waals surface area contributed by atoms with Crippen molar-refractivity contribution in [3.05, 3.63) is 83.4 Å². The normalized spacial score (nSPS) is 19.3. The van der Waals surface area contributed by atoms with Gasteiger partial charge in [-0.3, -0.25) is 14.1 Å². The van der Waals surface area contributed by atoms with Crippen LogP contribution in [0, 0.1) is 24.1 Å². The molecule has 2 aliphatic heterocycles. The molecule has 2 aliphatic rings. The number of aliphatic hydroxyl groups excluding tert-OH is 1. The number of piperidine rings is 1. The maximum atomic E-state index is 15.0. The predicted octanol–water partition coefficient (Wildman–Crippen LogP) is 4.79. The summed E-state index contributed by atoms with van der Waals surface area (Å²) in [5, 5.41) is 19.8. The van der Waals surface area contributed by atoms with E-state index >= 15 is 0 Å². The Bertz CT molecular complexity index is 1740. The van der Waals surface area contributed by atoms with E-state index in [-0.39, 0.29) is 42.2 Å². The molecule has 0 bridgehead atoms. The van der Waals surface area contributed by atoms with Crippen molar-refractivity contribution in [2.75, 3.05) is 19.7 Å². The molecule has 214 valence electrons. The van der Waals surface area contributed by atoms with Crippen molar-refractivity contribution < 1.29 is 23.8 Å². The van der Waals surface area contributed by atoms with Crippen LogP contribution in [0.3, 0.4) is 0 Å². The molecular formula is C32H30FN5O4. The summed E-state index contributed by atoms with van der Waals surface area (Å²) < 4.78 is 21.9. The van der Waals surface area contributed by atoms with Crippen LogP contribution in [0.1, 0.15) is 41.4 Å². The topological polar surface area (TPSA) is 111 Å². The molecule has 4 aromatic rings. The molecule has 1 N–H and O–H groups in total. The number of hydrogen-bond acceptors (Lipinski definition) is 6. The number of halogens is 1. The van der Waals surface area contributed by atoms with Crippen LogP contribution in [0.15, 0.2) is 60.8 Å². The number of imidazole rings is 1. The Balaban J connectivity index is 1.27. The number of benzene rings is 2. The average Bonchev–Trinajstić information content (AvgIpc) is 3.51. The zero-order chi connectivity index (χ0) is 29.5. The number of amides is 2. The second-order valence-electron chi connectivity index (χ2n) is 10.9. The highest BCUT2D eigenvalue weighted by atomic mass is 19.1. The van der Waals surface area contributed by atoms with Crippen molar-refractivity contribution >= 4 is 17.6 Å². The van der Waals surface area contributed by atoms with Gasteiger partial charge < -0.3 is 14.7 Å². The number of cyclic esters (lactones) is 1. The van der Waals surface area contributed by atoms with Gasteiger partial charge in [-0.2, -0.15) is 5.26 Å². The van der Waals surface area contributed by atoms with E-state index in [1.165, 1.54) is 6.07 Å². The van der Waals surface area contributed by atoms with Crippen molar-refractivity contribution in [3.63, 3.8) is 0 Å². The first-order valence-corrected chi connectivity index (χ1v) is 14.0. The molecule has 4 heterocycles. The zero-order valence-electron chi connectivity index (χ0n) is 23.3. The van der Waals surface area contributed by atoms with Gasteiger partial charge in [-0.25, -0.2) is 14.2 Å². The Morgan fingerprint density at radius 1 is 1.12 bits per heavy atom. The molecule has 0 radical (unpaired) electrons. The maximum absolute atomic E-state index is 15.0. The maximum Gasteiger partial charge on any atom is 0.410 e. The summed E-state index contributed by atoms with van der Waals surface area (Å²) in [6.45, 7) is 4.32. The van der Waals surface area contributed by atoms with E-state index in [4.69, 9.17) is 9.72 Å². The van der Waals surface area contributed by atoms with Crippen LogP contribution in [0.5, 0.6) is 0 Å². The number of carbonyl (C=O) groups is 2. The second kappa shape index (κ2) is 10.9. The van der Waals surface area contributed by atoms with Gasteiger partial charge in [0.1, 0.15) is 29.3 Å². The Morgan fingerprint density at radius 2 is 1.86 bits per heavy atom. The average molecular weight is 568 g/mol. The number of nitrogens with zero attached hydrogens (tertiary/aromatic N) is 5. The monoisotopic (exact) mass is 567 g/mol. The first-order chi connectivity index (χ1) is 20.3. The fourth-order valence-electron chi connectivity index (χ4n) is 6.08. The number of aliphatic hydroxyl groups is 1. The molecule has 2 saturated heterocycles. The van der Waals surface area contributed by atoms with E-state index in [0.29, 0.717) is 59.5 Å². The lowest BCUT2D eigenvalue weighted by Gasteiger charge is -2.37. The van der Waals surface area contributed by atoms with E-state index in [1.807, 2.05) is 31.2 Å². The van der Waals surface area contributed by atoms with Crippen LogP contribution in [-0.2, 0) is 4.74 Å².